The van der Waals surface area contributed by atoms with Gasteiger partial charge >= 0.3 is 0 Å². The molecule has 0 atom stereocenters. The molecule has 0 bridgehead atoms. The van der Waals surface area contributed by atoms with Crippen LogP contribution in [0.15, 0.2) is 133 Å². The Bertz CT molecular complexity index is 1520. The van der Waals surface area contributed by atoms with Crippen LogP contribution in [-0.2, 0) is 0 Å². The number of aromatic amines is 1. The van der Waals surface area contributed by atoms with Gasteiger partial charge in [0.15, 0.2) is 0 Å². The molecule has 0 spiro atoms. The fraction of sp³-hybridized carbons (Fsp3) is 0. The fourth-order valence-electron chi connectivity index (χ4n) is 4.67. The molecule has 1 heterocycles. The van der Waals surface area contributed by atoms with E-state index in [2.05, 4.69) is 138 Å². The van der Waals surface area contributed by atoms with Crippen molar-refractivity contribution in [3.63, 3.8) is 0 Å². The van der Waals surface area contributed by atoms with Crippen molar-refractivity contribution >= 4 is 10.9 Å². The van der Waals surface area contributed by atoms with E-state index in [0.717, 1.165) is 11.2 Å². The predicted octanol–water partition coefficient (Wildman–Crippen LogP) is 8.84. The van der Waals surface area contributed by atoms with Crippen molar-refractivity contribution in [1.29, 1.82) is 0 Å². The van der Waals surface area contributed by atoms with Crippen molar-refractivity contribution in [1.82, 2.24) is 4.98 Å². The number of H-pyrrole nitrogens is 1. The first-order valence-electron chi connectivity index (χ1n) is 11.3. The average Bonchev–Trinajstić information content (AvgIpc) is 3.29. The highest BCUT2D eigenvalue weighted by molar-refractivity contribution is 6.06. The molecule has 0 saturated carbocycles. The van der Waals surface area contributed by atoms with Crippen LogP contribution >= 0.6 is 0 Å². The number of hydrogen-bond acceptors (Lipinski definition) is 0. The zero-order valence-electron chi connectivity index (χ0n) is 18.2. The first kappa shape index (κ1) is 19.3. The number of nitrogens with one attached hydrogen (secondary N) is 1. The van der Waals surface area contributed by atoms with Gasteiger partial charge in [-0.25, -0.2) is 0 Å². The zero-order valence-corrected chi connectivity index (χ0v) is 18.2. The topological polar surface area (TPSA) is 15.8 Å². The highest BCUT2D eigenvalue weighted by Gasteiger charge is 2.18. The zero-order chi connectivity index (χ0) is 22.0. The summed E-state index contributed by atoms with van der Waals surface area (Å²) in [6.07, 6.45) is 0. The Morgan fingerprint density at radius 3 is 1.61 bits per heavy atom. The number of rotatable bonds is 4. The maximum atomic E-state index is 3.69. The van der Waals surface area contributed by atoms with Gasteiger partial charge < -0.3 is 4.98 Å². The predicted molar refractivity (Wildman–Crippen MR) is 140 cm³/mol. The van der Waals surface area contributed by atoms with E-state index in [9.17, 15) is 0 Å². The number of para-hydroxylation sites is 1. The van der Waals surface area contributed by atoms with Crippen LogP contribution < -0.4 is 0 Å². The van der Waals surface area contributed by atoms with Crippen LogP contribution in [0.25, 0.3) is 55.5 Å². The molecule has 0 aliphatic carbocycles. The monoisotopic (exact) mass is 421 g/mol. The van der Waals surface area contributed by atoms with Gasteiger partial charge in [0.2, 0.25) is 0 Å². The third-order valence-electron chi connectivity index (χ3n) is 6.27. The third kappa shape index (κ3) is 3.54. The molecule has 5 aromatic carbocycles. The van der Waals surface area contributed by atoms with E-state index in [1.807, 2.05) is 0 Å². The summed E-state index contributed by atoms with van der Waals surface area (Å²) in [5, 5.41) is 1.24. The lowest BCUT2D eigenvalue weighted by Crippen LogP contribution is -1.88. The van der Waals surface area contributed by atoms with Crippen molar-refractivity contribution in [3.05, 3.63) is 133 Å². The number of hydrogen-bond donors (Lipinski definition) is 1. The van der Waals surface area contributed by atoms with Crippen molar-refractivity contribution in [3.8, 4) is 44.6 Å². The molecular formula is C32H23N. The SMILES string of the molecule is c1ccc(-c2ccc(-c3ccccc3-c3c(-c4ccccc4)[nH]c4ccccc34)cc2)cc1. The molecular weight excluding hydrogens is 398 g/mol. The Balaban J connectivity index is 1.54. The molecule has 0 fully saturated rings. The van der Waals surface area contributed by atoms with Gasteiger partial charge in [0.1, 0.15) is 0 Å². The Labute approximate surface area is 194 Å². The molecule has 156 valence electrons. The highest BCUT2D eigenvalue weighted by Crippen LogP contribution is 2.42. The minimum Gasteiger partial charge on any atom is -0.354 e. The summed E-state index contributed by atoms with van der Waals surface area (Å²) in [4.78, 5) is 3.69. The molecule has 1 heteroatoms. The first-order chi connectivity index (χ1) is 16.4. The Hall–Kier alpha value is -4.36. The van der Waals surface area contributed by atoms with Crippen LogP contribution in [0, 0.1) is 0 Å². The van der Waals surface area contributed by atoms with E-state index in [0.29, 0.717) is 0 Å². The summed E-state index contributed by atoms with van der Waals surface area (Å²) in [7, 11) is 0. The van der Waals surface area contributed by atoms with E-state index in [4.69, 9.17) is 0 Å². The van der Waals surface area contributed by atoms with E-state index in [-0.39, 0.29) is 0 Å². The molecule has 1 nitrogen and oxygen atoms in total. The van der Waals surface area contributed by atoms with E-state index in [1.165, 1.54) is 44.3 Å². The van der Waals surface area contributed by atoms with E-state index >= 15 is 0 Å². The summed E-state index contributed by atoms with van der Waals surface area (Å²) in [5.41, 5.74) is 10.9. The minimum absolute atomic E-state index is 1.15. The number of benzene rings is 5. The van der Waals surface area contributed by atoms with Crippen molar-refractivity contribution < 1.29 is 0 Å². The van der Waals surface area contributed by atoms with Crippen LogP contribution in [-0.4, -0.2) is 4.98 Å². The lowest BCUT2D eigenvalue weighted by atomic mass is 9.90. The second-order valence-corrected chi connectivity index (χ2v) is 8.28. The maximum Gasteiger partial charge on any atom is 0.0544 e. The molecule has 0 radical (unpaired) electrons. The quantitative estimate of drug-likeness (QED) is 0.293. The lowest BCUT2D eigenvalue weighted by Gasteiger charge is -2.13. The molecule has 1 N–H and O–H groups in total. The molecule has 33 heavy (non-hydrogen) atoms. The normalized spacial score (nSPS) is 11.0. The van der Waals surface area contributed by atoms with Crippen molar-refractivity contribution in [2.24, 2.45) is 0 Å². The Morgan fingerprint density at radius 2 is 0.879 bits per heavy atom. The van der Waals surface area contributed by atoms with Crippen molar-refractivity contribution in [2.75, 3.05) is 0 Å². The molecule has 0 saturated heterocycles. The van der Waals surface area contributed by atoms with Gasteiger partial charge in [0.25, 0.3) is 0 Å². The molecule has 0 aliphatic rings. The van der Waals surface area contributed by atoms with E-state index in [1.54, 1.807) is 0 Å². The van der Waals surface area contributed by atoms with Crippen LogP contribution in [0.4, 0.5) is 0 Å². The summed E-state index contributed by atoms with van der Waals surface area (Å²) < 4.78 is 0. The number of fused-ring (bicyclic) bond motifs is 1. The molecule has 0 amide bonds. The van der Waals surface area contributed by atoms with E-state index < -0.39 is 0 Å². The Morgan fingerprint density at radius 1 is 0.364 bits per heavy atom. The van der Waals surface area contributed by atoms with Crippen molar-refractivity contribution in [2.45, 2.75) is 0 Å². The number of aromatic nitrogens is 1. The molecule has 6 rings (SSSR count). The lowest BCUT2D eigenvalue weighted by molar-refractivity contribution is 1.45. The van der Waals surface area contributed by atoms with Crippen LogP contribution in [0.2, 0.25) is 0 Å². The van der Waals surface area contributed by atoms with Gasteiger partial charge in [-0.05, 0) is 39.4 Å². The highest BCUT2D eigenvalue weighted by atomic mass is 14.7. The largest absolute Gasteiger partial charge is 0.354 e. The Kier molecular flexibility index (Phi) is 4.86. The summed E-state index contributed by atoms with van der Waals surface area (Å²) >= 11 is 0. The summed E-state index contributed by atoms with van der Waals surface area (Å²) in [5.74, 6) is 0. The summed E-state index contributed by atoms with van der Waals surface area (Å²) in [6, 6.07) is 47.3. The first-order valence-corrected chi connectivity index (χ1v) is 11.3. The smallest absolute Gasteiger partial charge is 0.0544 e. The maximum absolute atomic E-state index is 3.69. The van der Waals surface area contributed by atoms with Crippen LogP contribution in [0.5, 0.6) is 0 Å². The molecule has 1 aromatic heterocycles. The molecule has 6 aromatic rings. The van der Waals surface area contributed by atoms with Gasteiger partial charge in [-0.2, -0.15) is 0 Å². The minimum atomic E-state index is 1.15. The fourth-order valence-corrected chi connectivity index (χ4v) is 4.67. The van der Waals surface area contributed by atoms with Gasteiger partial charge in [-0.1, -0.05) is 127 Å². The molecule has 0 unspecified atom stereocenters. The van der Waals surface area contributed by atoms with Gasteiger partial charge in [0.05, 0.1) is 5.69 Å². The molecule has 0 aliphatic heterocycles. The van der Waals surface area contributed by atoms with Crippen LogP contribution in [0.1, 0.15) is 0 Å². The second kappa shape index (κ2) is 8.29. The average molecular weight is 422 g/mol. The third-order valence-corrected chi connectivity index (χ3v) is 6.27. The van der Waals surface area contributed by atoms with Gasteiger partial charge in [-0.3, -0.25) is 0 Å². The summed E-state index contributed by atoms with van der Waals surface area (Å²) in [6.45, 7) is 0. The van der Waals surface area contributed by atoms with Crippen LogP contribution in [0.3, 0.4) is 0 Å². The second-order valence-electron chi connectivity index (χ2n) is 8.28. The standard InChI is InChI=1S/C32H23N/c1-3-11-23(12-4-1)24-19-21-25(22-20-24)27-15-7-8-16-28(27)31-29-17-9-10-18-30(29)33-32(31)26-13-5-2-6-14-26/h1-22,33H. The van der Waals surface area contributed by atoms with Gasteiger partial charge in [0, 0.05) is 16.5 Å². The van der Waals surface area contributed by atoms with Gasteiger partial charge in [-0.15, -0.1) is 0 Å².